The molecule has 0 rings (SSSR count). The molecule has 5 nitrogen and oxygen atoms in total. The van der Waals surface area contributed by atoms with Crippen molar-refractivity contribution in [1.82, 2.24) is 9.62 Å². The van der Waals surface area contributed by atoms with Crippen molar-refractivity contribution >= 4 is 15.9 Å². The monoisotopic (exact) mass is 236 g/mol. The molecular weight excluding hydrogens is 216 g/mol. The van der Waals surface area contributed by atoms with Gasteiger partial charge in [-0.2, -0.15) is 0 Å². The molecule has 0 unspecified atom stereocenters. The molecule has 0 aromatic carbocycles. The lowest BCUT2D eigenvalue weighted by atomic mass is 10.3. The Morgan fingerprint density at radius 3 is 2.33 bits per heavy atom. The Kier molecular flexibility index (Phi) is 6.51. The van der Waals surface area contributed by atoms with Crippen LogP contribution in [0.15, 0.2) is 0 Å². The molecule has 0 fully saturated rings. The largest absolute Gasteiger partial charge is 0.355 e. The molecule has 1 amide bonds. The minimum absolute atomic E-state index is 0.140. The summed E-state index contributed by atoms with van der Waals surface area (Å²) < 4.78 is 24.0. The van der Waals surface area contributed by atoms with Crippen LogP contribution < -0.4 is 5.32 Å². The van der Waals surface area contributed by atoms with Crippen molar-refractivity contribution in [2.45, 2.75) is 26.7 Å². The summed E-state index contributed by atoms with van der Waals surface area (Å²) in [6, 6.07) is 0. The number of amides is 1. The third kappa shape index (κ3) is 7.33. The zero-order chi connectivity index (χ0) is 11.9. The van der Waals surface area contributed by atoms with Crippen molar-refractivity contribution in [3.8, 4) is 0 Å². The first kappa shape index (κ1) is 14.4. The maximum absolute atomic E-state index is 11.3. The number of hydrogen-bond acceptors (Lipinski definition) is 3. The average molecular weight is 236 g/mol. The van der Waals surface area contributed by atoms with Gasteiger partial charge >= 0.3 is 0 Å². The van der Waals surface area contributed by atoms with E-state index in [4.69, 9.17) is 0 Å². The van der Waals surface area contributed by atoms with Gasteiger partial charge in [0.25, 0.3) is 0 Å². The summed E-state index contributed by atoms with van der Waals surface area (Å²) in [5.74, 6) is -0.140. The maximum Gasteiger partial charge on any atom is 0.216 e. The summed E-state index contributed by atoms with van der Waals surface area (Å²) in [4.78, 5) is 10.6. The standard InChI is InChI=1S/C9H20N2O3S/c1-4-5-7-11(15(3,13)14)8-6-10-9(2)12/h4-8H2,1-3H3,(H,10,12). The van der Waals surface area contributed by atoms with Crippen molar-refractivity contribution in [2.75, 3.05) is 25.9 Å². The van der Waals surface area contributed by atoms with Crippen molar-refractivity contribution < 1.29 is 13.2 Å². The Bertz CT molecular complexity index is 288. The highest BCUT2D eigenvalue weighted by Crippen LogP contribution is 2.00. The van der Waals surface area contributed by atoms with Crippen LogP contribution in [0.1, 0.15) is 26.7 Å². The van der Waals surface area contributed by atoms with Crippen molar-refractivity contribution in [2.24, 2.45) is 0 Å². The van der Waals surface area contributed by atoms with Gasteiger partial charge in [-0.05, 0) is 6.42 Å². The van der Waals surface area contributed by atoms with Crippen LogP contribution in [-0.2, 0) is 14.8 Å². The molecule has 0 aliphatic rings. The van der Waals surface area contributed by atoms with E-state index in [1.54, 1.807) is 0 Å². The van der Waals surface area contributed by atoms with Gasteiger partial charge in [-0.3, -0.25) is 4.79 Å². The van der Waals surface area contributed by atoms with Crippen molar-refractivity contribution in [3.63, 3.8) is 0 Å². The third-order valence-corrected chi connectivity index (χ3v) is 3.27. The second-order valence-electron chi connectivity index (χ2n) is 3.50. The van der Waals surface area contributed by atoms with Gasteiger partial charge in [-0.15, -0.1) is 0 Å². The summed E-state index contributed by atoms with van der Waals surface area (Å²) in [6.45, 7) is 4.66. The molecule has 0 aliphatic carbocycles. The van der Waals surface area contributed by atoms with Crippen molar-refractivity contribution in [3.05, 3.63) is 0 Å². The van der Waals surface area contributed by atoms with Gasteiger partial charge in [-0.25, -0.2) is 12.7 Å². The number of nitrogens with one attached hydrogen (secondary N) is 1. The van der Waals surface area contributed by atoms with E-state index in [0.717, 1.165) is 12.8 Å². The first-order valence-electron chi connectivity index (χ1n) is 5.07. The number of unbranched alkanes of at least 4 members (excludes halogenated alkanes) is 1. The van der Waals surface area contributed by atoms with Crippen molar-refractivity contribution in [1.29, 1.82) is 0 Å². The van der Waals surface area contributed by atoms with Crippen LogP contribution in [0, 0.1) is 0 Å². The molecule has 0 heterocycles. The highest BCUT2D eigenvalue weighted by Gasteiger charge is 2.14. The first-order valence-corrected chi connectivity index (χ1v) is 6.92. The van der Waals surface area contributed by atoms with Crippen LogP contribution in [0.2, 0.25) is 0 Å². The van der Waals surface area contributed by atoms with E-state index in [0.29, 0.717) is 19.6 Å². The molecule has 1 N–H and O–H groups in total. The Morgan fingerprint density at radius 1 is 1.33 bits per heavy atom. The average Bonchev–Trinajstić information content (AvgIpc) is 2.08. The summed E-state index contributed by atoms with van der Waals surface area (Å²) in [6.07, 6.45) is 2.98. The van der Waals surface area contributed by atoms with Crippen LogP contribution in [0.25, 0.3) is 0 Å². The van der Waals surface area contributed by atoms with Crippen LogP contribution in [-0.4, -0.2) is 44.5 Å². The first-order chi connectivity index (χ1) is 6.88. The molecule has 90 valence electrons. The van der Waals surface area contributed by atoms with Gasteiger partial charge in [0.15, 0.2) is 0 Å². The lowest BCUT2D eigenvalue weighted by Gasteiger charge is -2.19. The minimum atomic E-state index is -3.15. The molecule has 0 saturated heterocycles. The van der Waals surface area contributed by atoms with Gasteiger partial charge in [0.1, 0.15) is 0 Å². The minimum Gasteiger partial charge on any atom is -0.355 e. The second-order valence-corrected chi connectivity index (χ2v) is 5.48. The normalized spacial score (nSPS) is 11.7. The van der Waals surface area contributed by atoms with Crippen LogP contribution >= 0.6 is 0 Å². The molecule has 15 heavy (non-hydrogen) atoms. The second kappa shape index (κ2) is 6.79. The Morgan fingerprint density at radius 2 is 1.93 bits per heavy atom. The zero-order valence-electron chi connectivity index (χ0n) is 9.62. The quantitative estimate of drug-likeness (QED) is 0.686. The number of carbonyl (C=O) groups excluding carboxylic acids is 1. The topological polar surface area (TPSA) is 66.5 Å². The smallest absolute Gasteiger partial charge is 0.216 e. The third-order valence-electron chi connectivity index (χ3n) is 1.97. The summed E-state index contributed by atoms with van der Waals surface area (Å²) >= 11 is 0. The molecule has 6 heteroatoms. The Labute approximate surface area is 91.9 Å². The fourth-order valence-corrected chi connectivity index (χ4v) is 2.02. The van der Waals surface area contributed by atoms with Gasteiger partial charge in [-0.1, -0.05) is 13.3 Å². The van der Waals surface area contributed by atoms with E-state index in [-0.39, 0.29) is 5.91 Å². The zero-order valence-corrected chi connectivity index (χ0v) is 10.4. The molecule has 0 saturated carbocycles. The fraction of sp³-hybridized carbons (Fsp3) is 0.889. The maximum atomic E-state index is 11.3. The van der Waals surface area contributed by atoms with Gasteiger partial charge in [0, 0.05) is 26.6 Å². The SMILES string of the molecule is CCCCN(CCNC(C)=O)S(C)(=O)=O. The highest BCUT2D eigenvalue weighted by atomic mass is 32.2. The molecule has 0 bridgehead atoms. The lowest BCUT2D eigenvalue weighted by molar-refractivity contribution is -0.118. The summed E-state index contributed by atoms with van der Waals surface area (Å²) in [7, 11) is -3.15. The van der Waals surface area contributed by atoms with Crippen LogP contribution in [0.5, 0.6) is 0 Å². The molecule has 0 aromatic heterocycles. The number of nitrogens with zero attached hydrogens (tertiary/aromatic N) is 1. The molecule has 0 aliphatic heterocycles. The lowest BCUT2D eigenvalue weighted by Crippen LogP contribution is -2.38. The van der Waals surface area contributed by atoms with Crippen LogP contribution in [0.4, 0.5) is 0 Å². The number of rotatable bonds is 7. The molecule has 0 aromatic rings. The number of carbonyl (C=O) groups is 1. The molecule has 0 atom stereocenters. The predicted octanol–water partition coefficient (Wildman–Crippen LogP) is 0.184. The van der Waals surface area contributed by atoms with E-state index in [9.17, 15) is 13.2 Å². The van der Waals surface area contributed by atoms with Gasteiger partial charge < -0.3 is 5.32 Å². The summed E-state index contributed by atoms with van der Waals surface area (Å²) in [5, 5.41) is 2.58. The van der Waals surface area contributed by atoms with E-state index in [1.165, 1.54) is 17.5 Å². The Balaban J connectivity index is 4.08. The van der Waals surface area contributed by atoms with E-state index in [2.05, 4.69) is 5.32 Å². The number of sulfonamides is 1. The molecule has 0 radical (unpaired) electrons. The predicted molar refractivity (Wildman–Crippen MR) is 60.0 cm³/mol. The van der Waals surface area contributed by atoms with Gasteiger partial charge in [0.2, 0.25) is 15.9 Å². The van der Waals surface area contributed by atoms with Gasteiger partial charge in [0.05, 0.1) is 6.26 Å². The van der Waals surface area contributed by atoms with Crippen LogP contribution in [0.3, 0.4) is 0 Å². The van der Waals surface area contributed by atoms with E-state index in [1.807, 2.05) is 6.92 Å². The molecular formula is C9H20N2O3S. The van der Waals surface area contributed by atoms with E-state index >= 15 is 0 Å². The number of hydrogen-bond donors (Lipinski definition) is 1. The van der Waals surface area contributed by atoms with E-state index < -0.39 is 10.0 Å². The highest BCUT2D eigenvalue weighted by molar-refractivity contribution is 7.88. The Hall–Kier alpha value is -0.620. The fourth-order valence-electron chi connectivity index (χ4n) is 1.13. The summed E-state index contributed by atoms with van der Waals surface area (Å²) in [5.41, 5.74) is 0. The molecule has 0 spiro atoms.